The van der Waals surface area contributed by atoms with Gasteiger partial charge >= 0.3 is 0 Å². The predicted octanol–water partition coefficient (Wildman–Crippen LogP) is 1.21. The number of amides is 1. The molecule has 0 bridgehead atoms. The number of carbonyl (C=O) groups is 1. The molecule has 106 valence electrons. The van der Waals surface area contributed by atoms with Crippen LogP contribution in [0.2, 0.25) is 0 Å². The third-order valence-corrected chi connectivity index (χ3v) is 4.70. The molecule has 0 saturated carbocycles. The van der Waals surface area contributed by atoms with Crippen molar-refractivity contribution in [2.45, 2.75) is 0 Å². The van der Waals surface area contributed by atoms with Crippen molar-refractivity contribution in [1.82, 2.24) is 9.62 Å². The highest BCUT2D eigenvalue weighted by Gasteiger charge is 2.15. The Hall–Kier alpha value is -0.990. The third kappa shape index (κ3) is 4.55. The van der Waals surface area contributed by atoms with E-state index in [0.29, 0.717) is 4.47 Å². The fourth-order valence-corrected chi connectivity index (χ4v) is 2.30. The van der Waals surface area contributed by atoms with Gasteiger partial charge in [0.15, 0.2) is 0 Å². The molecule has 0 heterocycles. The lowest BCUT2D eigenvalue weighted by Crippen LogP contribution is -2.34. The summed E-state index contributed by atoms with van der Waals surface area (Å²) in [7, 11) is -0.559. The zero-order valence-corrected chi connectivity index (χ0v) is 12.9. The SMILES string of the molecule is CN(C)S(=O)(=O)CCNC(=O)c1ccc(Br)cc1F. The molecular formula is C11H14BrFN2O3S. The molecule has 1 N–H and O–H groups in total. The number of sulfonamides is 1. The van der Waals surface area contributed by atoms with Crippen molar-refractivity contribution in [2.75, 3.05) is 26.4 Å². The Bertz CT molecular complexity index is 575. The molecule has 0 atom stereocenters. The number of nitrogens with zero attached hydrogens (tertiary/aromatic N) is 1. The quantitative estimate of drug-likeness (QED) is 0.865. The largest absolute Gasteiger partial charge is 0.351 e. The summed E-state index contributed by atoms with van der Waals surface area (Å²) in [6.07, 6.45) is 0. The van der Waals surface area contributed by atoms with Crippen molar-refractivity contribution < 1.29 is 17.6 Å². The number of halogens is 2. The normalized spacial score (nSPS) is 11.6. The van der Waals surface area contributed by atoms with E-state index in [1.165, 1.54) is 32.3 Å². The Balaban J connectivity index is 2.62. The maximum atomic E-state index is 13.5. The minimum Gasteiger partial charge on any atom is -0.351 e. The highest BCUT2D eigenvalue weighted by atomic mass is 79.9. The molecule has 1 amide bonds. The van der Waals surface area contributed by atoms with Gasteiger partial charge in [-0.1, -0.05) is 15.9 Å². The monoisotopic (exact) mass is 352 g/mol. The maximum Gasteiger partial charge on any atom is 0.254 e. The van der Waals surface area contributed by atoms with Gasteiger partial charge in [0.25, 0.3) is 5.91 Å². The lowest BCUT2D eigenvalue weighted by atomic mass is 10.2. The van der Waals surface area contributed by atoms with Gasteiger partial charge in [-0.3, -0.25) is 4.79 Å². The minimum absolute atomic E-state index is 0.0746. The van der Waals surface area contributed by atoms with Crippen LogP contribution in [0.1, 0.15) is 10.4 Å². The van der Waals surface area contributed by atoms with Crippen molar-refractivity contribution in [2.24, 2.45) is 0 Å². The van der Waals surface area contributed by atoms with Gasteiger partial charge in [0.2, 0.25) is 10.0 Å². The molecule has 0 aliphatic carbocycles. The van der Waals surface area contributed by atoms with Gasteiger partial charge in [-0.2, -0.15) is 0 Å². The number of rotatable bonds is 5. The Morgan fingerprint density at radius 2 is 2.05 bits per heavy atom. The lowest BCUT2D eigenvalue weighted by Gasteiger charge is -2.11. The maximum absolute atomic E-state index is 13.5. The van der Waals surface area contributed by atoms with Gasteiger partial charge in [-0.25, -0.2) is 17.1 Å². The zero-order chi connectivity index (χ0) is 14.6. The van der Waals surface area contributed by atoms with Gasteiger partial charge in [0, 0.05) is 25.1 Å². The van der Waals surface area contributed by atoms with Crippen molar-refractivity contribution in [3.63, 3.8) is 0 Å². The van der Waals surface area contributed by atoms with Gasteiger partial charge in [-0.15, -0.1) is 0 Å². The first-order valence-corrected chi connectivity index (χ1v) is 7.77. The fraction of sp³-hybridized carbons (Fsp3) is 0.364. The summed E-state index contributed by atoms with van der Waals surface area (Å²) in [4.78, 5) is 11.7. The molecule has 1 rings (SSSR count). The van der Waals surface area contributed by atoms with E-state index in [1.807, 2.05) is 0 Å². The summed E-state index contributed by atoms with van der Waals surface area (Å²) in [6, 6.07) is 4.04. The highest BCUT2D eigenvalue weighted by molar-refractivity contribution is 9.10. The standard InChI is InChI=1S/C11H14BrFN2O3S/c1-15(2)19(17,18)6-5-14-11(16)9-4-3-8(12)7-10(9)13/h3-4,7H,5-6H2,1-2H3,(H,14,16). The van der Waals surface area contributed by atoms with Crippen LogP contribution in [-0.4, -0.2) is 45.0 Å². The Labute approximate surface area is 120 Å². The Morgan fingerprint density at radius 3 is 2.58 bits per heavy atom. The smallest absolute Gasteiger partial charge is 0.254 e. The van der Waals surface area contributed by atoms with Crippen molar-refractivity contribution >= 4 is 31.9 Å². The van der Waals surface area contributed by atoms with E-state index in [1.54, 1.807) is 0 Å². The van der Waals surface area contributed by atoms with E-state index in [4.69, 9.17) is 0 Å². The van der Waals surface area contributed by atoms with Gasteiger partial charge in [-0.05, 0) is 18.2 Å². The second-order valence-corrected chi connectivity index (χ2v) is 7.20. The van der Waals surface area contributed by atoms with Crippen LogP contribution >= 0.6 is 15.9 Å². The van der Waals surface area contributed by atoms with E-state index in [-0.39, 0.29) is 17.9 Å². The van der Waals surface area contributed by atoms with Crippen LogP contribution in [0.3, 0.4) is 0 Å². The summed E-state index contributed by atoms with van der Waals surface area (Å²) in [6.45, 7) is -0.0746. The van der Waals surface area contributed by atoms with Crippen molar-refractivity contribution in [3.05, 3.63) is 34.1 Å². The molecule has 8 heteroatoms. The van der Waals surface area contributed by atoms with Crippen molar-refractivity contribution in [1.29, 1.82) is 0 Å². The second-order valence-electron chi connectivity index (χ2n) is 3.98. The molecular weight excluding hydrogens is 339 g/mol. The predicted molar refractivity (Wildman–Crippen MR) is 73.9 cm³/mol. The zero-order valence-electron chi connectivity index (χ0n) is 10.5. The summed E-state index contributed by atoms with van der Waals surface area (Å²) < 4.78 is 38.0. The molecule has 19 heavy (non-hydrogen) atoms. The first-order chi connectivity index (χ1) is 8.74. The van der Waals surface area contributed by atoms with Crippen LogP contribution in [0.25, 0.3) is 0 Å². The molecule has 1 aromatic carbocycles. The molecule has 0 unspecified atom stereocenters. The second kappa shape index (κ2) is 6.44. The molecule has 0 radical (unpaired) electrons. The first-order valence-electron chi connectivity index (χ1n) is 5.37. The third-order valence-electron chi connectivity index (χ3n) is 2.38. The molecule has 0 spiro atoms. The van der Waals surface area contributed by atoms with Crippen LogP contribution in [-0.2, 0) is 10.0 Å². The molecule has 0 fully saturated rings. The molecule has 0 aliphatic rings. The summed E-state index contributed by atoms with van der Waals surface area (Å²) in [5.41, 5.74) is -0.120. The van der Waals surface area contributed by atoms with Gasteiger partial charge < -0.3 is 5.32 Å². The van der Waals surface area contributed by atoms with Crippen LogP contribution in [0.15, 0.2) is 22.7 Å². The average molecular weight is 353 g/mol. The van der Waals surface area contributed by atoms with Gasteiger partial charge in [0.1, 0.15) is 5.82 Å². The molecule has 5 nitrogen and oxygen atoms in total. The highest BCUT2D eigenvalue weighted by Crippen LogP contribution is 2.15. The first kappa shape index (κ1) is 16.1. The van der Waals surface area contributed by atoms with Crippen LogP contribution in [0.4, 0.5) is 4.39 Å². The van der Waals surface area contributed by atoms with Crippen molar-refractivity contribution in [3.8, 4) is 0 Å². The summed E-state index contributed by atoms with van der Waals surface area (Å²) >= 11 is 3.08. The topological polar surface area (TPSA) is 66.5 Å². The minimum atomic E-state index is -3.38. The summed E-state index contributed by atoms with van der Waals surface area (Å²) in [5, 5.41) is 2.37. The van der Waals surface area contributed by atoms with Gasteiger partial charge in [0.05, 0.1) is 11.3 Å². The summed E-state index contributed by atoms with van der Waals surface area (Å²) in [5.74, 6) is -1.54. The lowest BCUT2D eigenvalue weighted by molar-refractivity contribution is 0.0952. The number of hydrogen-bond donors (Lipinski definition) is 1. The number of nitrogens with one attached hydrogen (secondary N) is 1. The number of benzene rings is 1. The number of hydrogen-bond acceptors (Lipinski definition) is 3. The molecule has 0 aromatic heterocycles. The Kier molecular flexibility index (Phi) is 5.45. The fourth-order valence-electron chi connectivity index (χ4n) is 1.24. The molecule has 0 aliphatic heterocycles. The van der Waals surface area contributed by atoms with E-state index in [9.17, 15) is 17.6 Å². The van der Waals surface area contributed by atoms with E-state index in [2.05, 4.69) is 21.2 Å². The Morgan fingerprint density at radius 1 is 1.42 bits per heavy atom. The molecule has 0 saturated heterocycles. The average Bonchev–Trinajstić information content (AvgIpc) is 2.28. The molecule has 1 aromatic rings. The van der Waals surface area contributed by atoms with Crippen LogP contribution in [0, 0.1) is 5.82 Å². The van der Waals surface area contributed by atoms with E-state index < -0.39 is 21.7 Å². The van der Waals surface area contributed by atoms with Crippen LogP contribution in [0.5, 0.6) is 0 Å². The van der Waals surface area contributed by atoms with E-state index >= 15 is 0 Å². The number of carbonyl (C=O) groups excluding carboxylic acids is 1. The van der Waals surface area contributed by atoms with E-state index in [0.717, 1.165) is 4.31 Å². The van der Waals surface area contributed by atoms with Crippen LogP contribution < -0.4 is 5.32 Å².